The van der Waals surface area contributed by atoms with Crippen LogP contribution in [0.3, 0.4) is 0 Å². The number of sulfonamides is 1. The van der Waals surface area contributed by atoms with Crippen LogP contribution >= 0.6 is 0 Å². The van der Waals surface area contributed by atoms with E-state index in [0.29, 0.717) is 25.6 Å². The van der Waals surface area contributed by atoms with Gasteiger partial charge < -0.3 is 5.32 Å². The van der Waals surface area contributed by atoms with Gasteiger partial charge >= 0.3 is 0 Å². The third-order valence-electron chi connectivity index (χ3n) is 5.11. The molecule has 1 aliphatic heterocycles. The minimum atomic E-state index is -3.53. The first-order chi connectivity index (χ1) is 14.3. The maximum Gasteiger partial charge on any atom is 0.254 e. The molecule has 0 aromatic heterocycles. The van der Waals surface area contributed by atoms with Crippen LogP contribution in [0.25, 0.3) is 0 Å². The highest BCUT2D eigenvalue weighted by molar-refractivity contribution is 7.89. The molecule has 0 bridgehead atoms. The Morgan fingerprint density at radius 3 is 2.17 bits per heavy atom. The Bertz CT molecular complexity index is 1000. The Kier molecular flexibility index (Phi) is 7.14. The second kappa shape index (κ2) is 9.61. The highest BCUT2D eigenvalue weighted by Crippen LogP contribution is 2.21. The Morgan fingerprint density at radius 1 is 0.900 bits per heavy atom. The molecular formula is C21H23F3N2O3S. The van der Waals surface area contributed by atoms with Crippen LogP contribution in [-0.2, 0) is 16.4 Å². The van der Waals surface area contributed by atoms with Gasteiger partial charge in [-0.15, -0.1) is 0 Å². The van der Waals surface area contributed by atoms with Crippen molar-refractivity contribution in [3.8, 4) is 0 Å². The van der Waals surface area contributed by atoms with Gasteiger partial charge in [0.15, 0.2) is 17.5 Å². The van der Waals surface area contributed by atoms with E-state index in [4.69, 9.17) is 0 Å². The standard InChI is InChI=1S/C21H23F3N2O3S/c22-18-10-9-17(19(23)20(18)24)21(27)25-12-11-15-5-7-16(8-6-15)30(28,29)26-13-3-1-2-4-14-26/h5-10H,1-4,11-14H2,(H,25,27). The summed E-state index contributed by atoms with van der Waals surface area (Å²) < 4.78 is 66.9. The molecule has 9 heteroatoms. The molecule has 0 spiro atoms. The van der Waals surface area contributed by atoms with Crippen molar-refractivity contribution in [3.63, 3.8) is 0 Å². The summed E-state index contributed by atoms with van der Waals surface area (Å²) in [5.41, 5.74) is 0.198. The highest BCUT2D eigenvalue weighted by atomic mass is 32.2. The van der Waals surface area contributed by atoms with Crippen LogP contribution in [0.5, 0.6) is 0 Å². The monoisotopic (exact) mass is 440 g/mol. The number of hydrogen-bond donors (Lipinski definition) is 1. The van der Waals surface area contributed by atoms with E-state index in [-0.39, 0.29) is 11.4 Å². The third-order valence-corrected chi connectivity index (χ3v) is 7.02. The van der Waals surface area contributed by atoms with Crippen molar-refractivity contribution in [2.24, 2.45) is 0 Å². The number of hydrogen-bond acceptors (Lipinski definition) is 3. The molecule has 1 aliphatic rings. The first-order valence-electron chi connectivity index (χ1n) is 9.81. The normalized spacial score (nSPS) is 15.6. The highest BCUT2D eigenvalue weighted by Gasteiger charge is 2.25. The molecule has 162 valence electrons. The van der Waals surface area contributed by atoms with Gasteiger partial charge in [0.25, 0.3) is 5.91 Å². The van der Waals surface area contributed by atoms with Crippen LogP contribution in [0.1, 0.15) is 41.6 Å². The number of carbonyl (C=O) groups is 1. The minimum absolute atomic E-state index is 0.121. The van der Waals surface area contributed by atoms with E-state index in [2.05, 4.69) is 5.32 Å². The fraction of sp³-hybridized carbons (Fsp3) is 0.381. The number of nitrogens with one attached hydrogen (secondary N) is 1. The molecule has 30 heavy (non-hydrogen) atoms. The van der Waals surface area contributed by atoms with Crippen LogP contribution in [0.4, 0.5) is 13.2 Å². The molecule has 1 heterocycles. The number of halogens is 3. The molecule has 1 amide bonds. The van der Waals surface area contributed by atoms with E-state index < -0.39 is 38.9 Å². The van der Waals surface area contributed by atoms with Crippen molar-refractivity contribution in [1.82, 2.24) is 9.62 Å². The van der Waals surface area contributed by atoms with Crippen LogP contribution in [0, 0.1) is 17.5 Å². The van der Waals surface area contributed by atoms with Gasteiger partial charge in [0.1, 0.15) is 0 Å². The zero-order valence-corrected chi connectivity index (χ0v) is 17.2. The zero-order chi connectivity index (χ0) is 21.7. The van der Waals surface area contributed by atoms with Gasteiger partial charge in [-0.05, 0) is 49.1 Å². The summed E-state index contributed by atoms with van der Waals surface area (Å²) in [7, 11) is -3.53. The number of rotatable bonds is 6. The van der Waals surface area contributed by atoms with Gasteiger partial charge in [-0.3, -0.25) is 4.79 Å². The van der Waals surface area contributed by atoms with Crippen molar-refractivity contribution in [3.05, 3.63) is 65.0 Å². The van der Waals surface area contributed by atoms with Gasteiger partial charge in [-0.25, -0.2) is 21.6 Å². The molecule has 1 N–H and O–H groups in total. The zero-order valence-electron chi connectivity index (χ0n) is 16.3. The van der Waals surface area contributed by atoms with Crippen molar-refractivity contribution in [2.45, 2.75) is 37.0 Å². The first kappa shape index (κ1) is 22.3. The summed E-state index contributed by atoms with van der Waals surface area (Å²) in [6, 6.07) is 7.96. The predicted octanol–water partition coefficient (Wildman–Crippen LogP) is 3.64. The smallest absolute Gasteiger partial charge is 0.254 e. The van der Waals surface area contributed by atoms with Crippen LogP contribution in [-0.4, -0.2) is 38.3 Å². The topological polar surface area (TPSA) is 66.5 Å². The molecule has 0 radical (unpaired) electrons. The number of carbonyl (C=O) groups excluding carboxylic acids is 1. The lowest BCUT2D eigenvalue weighted by atomic mass is 10.1. The summed E-state index contributed by atoms with van der Waals surface area (Å²) >= 11 is 0. The Labute approximate surface area is 173 Å². The molecule has 2 aromatic rings. The lowest BCUT2D eigenvalue weighted by Gasteiger charge is -2.20. The average molecular weight is 440 g/mol. The molecule has 3 rings (SSSR count). The SMILES string of the molecule is O=C(NCCc1ccc(S(=O)(=O)N2CCCCCC2)cc1)c1ccc(F)c(F)c1F. The molecule has 1 fully saturated rings. The van der Waals surface area contributed by atoms with E-state index in [1.807, 2.05) is 0 Å². The molecule has 2 aromatic carbocycles. The van der Waals surface area contributed by atoms with Crippen molar-refractivity contribution < 1.29 is 26.4 Å². The minimum Gasteiger partial charge on any atom is -0.352 e. The summed E-state index contributed by atoms with van der Waals surface area (Å²) in [5, 5.41) is 2.44. The van der Waals surface area contributed by atoms with E-state index in [1.54, 1.807) is 12.1 Å². The summed E-state index contributed by atoms with van der Waals surface area (Å²) in [5.74, 6) is -5.44. The van der Waals surface area contributed by atoms with Crippen LogP contribution < -0.4 is 5.32 Å². The molecule has 0 saturated carbocycles. The van der Waals surface area contributed by atoms with Gasteiger partial charge in [0, 0.05) is 19.6 Å². The molecule has 0 atom stereocenters. The molecule has 1 saturated heterocycles. The quantitative estimate of drug-likeness (QED) is 0.698. The summed E-state index contributed by atoms with van der Waals surface area (Å²) in [4.78, 5) is 12.2. The number of nitrogens with zero attached hydrogens (tertiary/aromatic N) is 1. The second-order valence-electron chi connectivity index (χ2n) is 7.19. The summed E-state index contributed by atoms with van der Waals surface area (Å²) in [6.07, 6.45) is 4.14. The van der Waals surface area contributed by atoms with Crippen molar-refractivity contribution in [2.75, 3.05) is 19.6 Å². The van der Waals surface area contributed by atoms with E-state index in [1.165, 1.54) is 16.4 Å². The molecule has 5 nitrogen and oxygen atoms in total. The van der Waals surface area contributed by atoms with E-state index in [0.717, 1.165) is 37.3 Å². The summed E-state index contributed by atoms with van der Waals surface area (Å²) in [6.45, 7) is 1.17. The van der Waals surface area contributed by atoms with E-state index in [9.17, 15) is 26.4 Å². The lowest BCUT2D eigenvalue weighted by Crippen LogP contribution is -2.31. The van der Waals surface area contributed by atoms with Gasteiger partial charge in [0.05, 0.1) is 10.5 Å². The predicted molar refractivity (Wildman–Crippen MR) is 106 cm³/mol. The van der Waals surface area contributed by atoms with Crippen molar-refractivity contribution >= 4 is 15.9 Å². The maximum absolute atomic E-state index is 13.7. The number of amides is 1. The fourth-order valence-corrected chi connectivity index (χ4v) is 4.89. The van der Waals surface area contributed by atoms with Crippen molar-refractivity contribution in [1.29, 1.82) is 0 Å². The van der Waals surface area contributed by atoms with Crippen LogP contribution in [0.15, 0.2) is 41.3 Å². The largest absolute Gasteiger partial charge is 0.352 e. The Hall–Kier alpha value is -2.39. The van der Waals surface area contributed by atoms with Crippen LogP contribution in [0.2, 0.25) is 0 Å². The first-order valence-corrected chi connectivity index (χ1v) is 11.3. The number of benzene rings is 2. The average Bonchev–Trinajstić information content (AvgIpc) is 3.02. The third kappa shape index (κ3) is 5.02. The van der Waals surface area contributed by atoms with Gasteiger partial charge in [-0.2, -0.15) is 4.31 Å². The lowest BCUT2D eigenvalue weighted by molar-refractivity contribution is 0.0949. The molecule has 0 unspecified atom stereocenters. The van der Waals surface area contributed by atoms with E-state index >= 15 is 0 Å². The second-order valence-corrected chi connectivity index (χ2v) is 9.13. The van der Waals surface area contributed by atoms with Gasteiger partial charge in [-0.1, -0.05) is 25.0 Å². The Morgan fingerprint density at radius 2 is 1.53 bits per heavy atom. The maximum atomic E-state index is 13.7. The Balaban J connectivity index is 1.58. The van der Waals surface area contributed by atoms with Gasteiger partial charge in [0.2, 0.25) is 10.0 Å². The molecular weight excluding hydrogens is 417 g/mol. The fourth-order valence-electron chi connectivity index (χ4n) is 3.38. The molecule has 0 aliphatic carbocycles.